The molecule has 112 valence electrons. The zero-order valence-electron chi connectivity index (χ0n) is 11.8. The predicted molar refractivity (Wildman–Crippen MR) is 82.1 cm³/mol. The Morgan fingerprint density at radius 1 is 1.38 bits per heavy atom. The van der Waals surface area contributed by atoms with Gasteiger partial charge in [-0.3, -0.25) is 4.79 Å². The number of nitrogens with two attached hydrogens (primary N) is 1. The standard InChI is InChI=1S/C13H18N6OS/c1-2-18(11-6-4-3-5-7-11)12(20)10-21-13-15-16-17-19(13)9-8-14/h3-7H,2,8-10,14H2,1H3. The van der Waals surface area contributed by atoms with Gasteiger partial charge in [-0.15, -0.1) is 5.10 Å². The van der Waals surface area contributed by atoms with Gasteiger partial charge in [0.2, 0.25) is 11.1 Å². The predicted octanol–water partition coefficient (Wildman–Crippen LogP) is 0.777. The highest BCUT2D eigenvalue weighted by molar-refractivity contribution is 7.99. The summed E-state index contributed by atoms with van der Waals surface area (Å²) in [4.78, 5) is 14.1. The molecule has 7 nitrogen and oxygen atoms in total. The van der Waals surface area contributed by atoms with E-state index >= 15 is 0 Å². The van der Waals surface area contributed by atoms with E-state index < -0.39 is 0 Å². The van der Waals surface area contributed by atoms with Crippen molar-refractivity contribution in [2.75, 3.05) is 23.7 Å². The van der Waals surface area contributed by atoms with Crippen LogP contribution >= 0.6 is 11.8 Å². The van der Waals surface area contributed by atoms with Crippen molar-refractivity contribution in [2.24, 2.45) is 5.73 Å². The first-order valence-electron chi connectivity index (χ1n) is 6.70. The van der Waals surface area contributed by atoms with Gasteiger partial charge in [-0.05, 0) is 29.5 Å². The zero-order chi connectivity index (χ0) is 15.1. The molecule has 0 aliphatic heterocycles. The summed E-state index contributed by atoms with van der Waals surface area (Å²) in [5.74, 6) is 0.309. The van der Waals surface area contributed by atoms with Crippen molar-refractivity contribution in [3.8, 4) is 0 Å². The minimum Gasteiger partial charge on any atom is -0.329 e. The van der Waals surface area contributed by atoms with Crippen molar-refractivity contribution in [2.45, 2.75) is 18.6 Å². The number of carbonyl (C=O) groups is 1. The van der Waals surface area contributed by atoms with E-state index in [0.29, 0.717) is 24.8 Å². The number of thioether (sulfide) groups is 1. The van der Waals surface area contributed by atoms with Crippen LogP contribution in [0.25, 0.3) is 0 Å². The Bertz CT molecular complexity index is 573. The molecule has 1 heterocycles. The van der Waals surface area contributed by atoms with Gasteiger partial charge in [0, 0.05) is 18.8 Å². The van der Waals surface area contributed by atoms with Gasteiger partial charge >= 0.3 is 0 Å². The van der Waals surface area contributed by atoms with E-state index in [4.69, 9.17) is 5.73 Å². The van der Waals surface area contributed by atoms with E-state index in [1.165, 1.54) is 11.8 Å². The van der Waals surface area contributed by atoms with E-state index in [9.17, 15) is 4.79 Å². The van der Waals surface area contributed by atoms with Crippen LogP contribution in [0.15, 0.2) is 35.5 Å². The van der Waals surface area contributed by atoms with Crippen LogP contribution in [0, 0.1) is 0 Å². The molecular weight excluding hydrogens is 288 g/mol. The number of carbonyl (C=O) groups excluding carboxylic acids is 1. The van der Waals surface area contributed by atoms with Crippen LogP contribution in [-0.2, 0) is 11.3 Å². The number of amides is 1. The average molecular weight is 306 g/mol. The van der Waals surface area contributed by atoms with E-state index in [2.05, 4.69) is 15.5 Å². The quantitative estimate of drug-likeness (QED) is 0.760. The van der Waals surface area contributed by atoms with Crippen LogP contribution < -0.4 is 10.6 Å². The maximum Gasteiger partial charge on any atom is 0.237 e. The van der Waals surface area contributed by atoms with Crippen LogP contribution in [0.4, 0.5) is 5.69 Å². The summed E-state index contributed by atoms with van der Waals surface area (Å²) < 4.78 is 1.61. The van der Waals surface area contributed by atoms with E-state index in [1.54, 1.807) is 9.58 Å². The van der Waals surface area contributed by atoms with Gasteiger partial charge in [0.25, 0.3) is 0 Å². The third-order valence-corrected chi connectivity index (χ3v) is 3.79. The van der Waals surface area contributed by atoms with E-state index in [1.807, 2.05) is 37.3 Å². The van der Waals surface area contributed by atoms with Gasteiger partial charge in [0.15, 0.2) is 0 Å². The second kappa shape index (κ2) is 7.75. The Morgan fingerprint density at radius 3 is 2.81 bits per heavy atom. The number of rotatable bonds is 7. The highest BCUT2D eigenvalue weighted by Crippen LogP contribution is 2.18. The first-order valence-corrected chi connectivity index (χ1v) is 7.69. The Kier molecular flexibility index (Phi) is 5.70. The van der Waals surface area contributed by atoms with Crippen molar-refractivity contribution in [1.82, 2.24) is 20.2 Å². The van der Waals surface area contributed by atoms with Crippen LogP contribution in [0.3, 0.4) is 0 Å². The molecule has 1 aromatic carbocycles. The molecule has 2 N–H and O–H groups in total. The fourth-order valence-corrected chi connectivity index (χ4v) is 2.66. The fraction of sp³-hybridized carbons (Fsp3) is 0.385. The number of anilines is 1. The summed E-state index contributed by atoms with van der Waals surface area (Å²) in [7, 11) is 0. The maximum atomic E-state index is 12.3. The number of tetrazole rings is 1. The lowest BCUT2D eigenvalue weighted by Crippen LogP contribution is -2.32. The lowest BCUT2D eigenvalue weighted by molar-refractivity contribution is -0.116. The van der Waals surface area contributed by atoms with Crippen LogP contribution in [-0.4, -0.2) is 45.0 Å². The minimum atomic E-state index is 0.0241. The SMILES string of the molecule is CCN(C(=O)CSc1nnnn1CCN)c1ccccc1. The van der Waals surface area contributed by atoms with E-state index in [-0.39, 0.29) is 11.7 Å². The Hall–Kier alpha value is -1.93. The Labute approximate surface area is 127 Å². The molecule has 0 aliphatic carbocycles. The lowest BCUT2D eigenvalue weighted by atomic mass is 10.3. The molecule has 0 saturated carbocycles. The molecule has 0 radical (unpaired) electrons. The number of nitrogens with zero attached hydrogens (tertiary/aromatic N) is 5. The number of aromatic nitrogens is 4. The molecule has 0 saturated heterocycles. The lowest BCUT2D eigenvalue weighted by Gasteiger charge is -2.20. The second-order valence-corrected chi connectivity index (χ2v) is 5.18. The molecule has 2 rings (SSSR count). The Morgan fingerprint density at radius 2 is 2.14 bits per heavy atom. The largest absolute Gasteiger partial charge is 0.329 e. The highest BCUT2D eigenvalue weighted by Gasteiger charge is 2.16. The fourth-order valence-electron chi connectivity index (χ4n) is 1.88. The van der Waals surface area contributed by atoms with Gasteiger partial charge in [0.1, 0.15) is 0 Å². The molecule has 2 aromatic rings. The molecule has 1 aromatic heterocycles. The average Bonchev–Trinajstić information content (AvgIpc) is 2.95. The van der Waals surface area contributed by atoms with Crippen molar-refractivity contribution >= 4 is 23.4 Å². The normalized spacial score (nSPS) is 10.6. The molecule has 0 spiro atoms. The van der Waals surface area contributed by atoms with Gasteiger partial charge in [-0.25, -0.2) is 4.68 Å². The molecule has 0 bridgehead atoms. The molecular formula is C13H18N6OS. The molecule has 8 heteroatoms. The second-order valence-electron chi connectivity index (χ2n) is 4.24. The number of hydrogen-bond acceptors (Lipinski definition) is 6. The molecule has 0 unspecified atom stereocenters. The minimum absolute atomic E-state index is 0.0241. The Balaban J connectivity index is 1.98. The molecule has 0 atom stereocenters. The van der Waals surface area contributed by atoms with Crippen LogP contribution in [0.1, 0.15) is 6.92 Å². The summed E-state index contributed by atoms with van der Waals surface area (Å²) in [6.07, 6.45) is 0. The first kappa shape index (κ1) is 15.5. The van der Waals surface area contributed by atoms with Crippen molar-refractivity contribution in [1.29, 1.82) is 0 Å². The van der Waals surface area contributed by atoms with Crippen molar-refractivity contribution in [3.63, 3.8) is 0 Å². The topological polar surface area (TPSA) is 89.9 Å². The van der Waals surface area contributed by atoms with Crippen LogP contribution in [0.5, 0.6) is 0 Å². The monoisotopic (exact) mass is 306 g/mol. The smallest absolute Gasteiger partial charge is 0.237 e. The summed E-state index contributed by atoms with van der Waals surface area (Å²) in [5.41, 5.74) is 6.39. The summed E-state index contributed by atoms with van der Waals surface area (Å²) in [6.45, 7) is 3.57. The molecule has 0 aliphatic rings. The summed E-state index contributed by atoms with van der Waals surface area (Å²) in [5, 5.41) is 12.0. The molecule has 1 amide bonds. The van der Waals surface area contributed by atoms with Gasteiger partial charge in [-0.2, -0.15) is 0 Å². The van der Waals surface area contributed by atoms with Crippen molar-refractivity contribution < 1.29 is 4.79 Å². The van der Waals surface area contributed by atoms with Gasteiger partial charge in [0.05, 0.1) is 12.3 Å². The molecule has 0 fully saturated rings. The highest BCUT2D eigenvalue weighted by atomic mass is 32.2. The number of hydrogen-bond donors (Lipinski definition) is 1. The van der Waals surface area contributed by atoms with E-state index in [0.717, 1.165) is 5.69 Å². The third-order valence-electron chi connectivity index (χ3n) is 2.85. The third kappa shape index (κ3) is 4.02. The summed E-state index contributed by atoms with van der Waals surface area (Å²) >= 11 is 1.32. The van der Waals surface area contributed by atoms with Crippen molar-refractivity contribution in [3.05, 3.63) is 30.3 Å². The zero-order valence-corrected chi connectivity index (χ0v) is 12.7. The van der Waals surface area contributed by atoms with Gasteiger partial charge < -0.3 is 10.6 Å². The maximum absolute atomic E-state index is 12.3. The molecule has 21 heavy (non-hydrogen) atoms. The number of benzene rings is 1. The van der Waals surface area contributed by atoms with Gasteiger partial charge in [-0.1, -0.05) is 30.0 Å². The number of para-hydroxylation sites is 1. The first-order chi connectivity index (χ1) is 10.3. The van der Waals surface area contributed by atoms with Crippen LogP contribution in [0.2, 0.25) is 0 Å². The summed E-state index contributed by atoms with van der Waals surface area (Å²) in [6, 6.07) is 9.60.